The van der Waals surface area contributed by atoms with E-state index in [2.05, 4.69) is 58.6 Å². The lowest BCUT2D eigenvalue weighted by Crippen LogP contribution is -1.80. The zero-order chi connectivity index (χ0) is 21.5. The van der Waals surface area contributed by atoms with Gasteiger partial charge in [0.25, 0.3) is 0 Å². The lowest BCUT2D eigenvalue weighted by molar-refractivity contribution is 1.50. The first-order valence-corrected chi connectivity index (χ1v) is 10.2. The fraction of sp³-hybridized carbons (Fsp3) is 0. The second-order valence-corrected chi connectivity index (χ2v) is 7.05. The molecule has 0 radical (unpaired) electrons. The van der Waals surface area contributed by atoms with Crippen LogP contribution in [0.2, 0.25) is 0 Å². The van der Waals surface area contributed by atoms with Crippen LogP contribution >= 0.6 is 12.2 Å². The number of pyridine rings is 2. The molecule has 0 fully saturated rings. The first-order chi connectivity index (χ1) is 15.3. The Balaban J connectivity index is 0.000000133. The summed E-state index contributed by atoms with van der Waals surface area (Å²) in [6, 6.07) is 37.1. The molecule has 2 aromatic heterocycles. The molecule has 3 nitrogen and oxygen atoms in total. The van der Waals surface area contributed by atoms with E-state index >= 15 is 0 Å². The maximum Gasteiger partial charge on any atom is 0.0709 e. The van der Waals surface area contributed by atoms with E-state index in [4.69, 9.17) is 5.41 Å². The van der Waals surface area contributed by atoms with Crippen LogP contribution in [0.3, 0.4) is 0 Å². The van der Waals surface area contributed by atoms with E-state index in [1.54, 1.807) is 5.16 Å². The van der Waals surface area contributed by atoms with Gasteiger partial charge in [-0.1, -0.05) is 72.8 Å². The van der Waals surface area contributed by atoms with Crippen LogP contribution < -0.4 is 0 Å². The molecule has 31 heavy (non-hydrogen) atoms. The van der Waals surface area contributed by atoms with Gasteiger partial charge in [0.1, 0.15) is 0 Å². The van der Waals surface area contributed by atoms with Crippen LogP contribution in [0.1, 0.15) is 0 Å². The third-order valence-electron chi connectivity index (χ3n) is 4.85. The number of nitrogens with zero attached hydrogens (tertiary/aromatic N) is 2. The average Bonchev–Trinajstić information content (AvgIpc) is 2.82. The highest BCUT2D eigenvalue weighted by molar-refractivity contribution is 7.78. The minimum atomic E-state index is 1.06. The van der Waals surface area contributed by atoms with E-state index < -0.39 is 0 Å². The van der Waals surface area contributed by atoms with E-state index in [0.29, 0.717) is 0 Å². The van der Waals surface area contributed by atoms with Crippen molar-refractivity contribution in [2.45, 2.75) is 0 Å². The summed E-state index contributed by atoms with van der Waals surface area (Å²) in [6.45, 7) is 0. The zero-order valence-electron chi connectivity index (χ0n) is 16.7. The Bertz CT molecular complexity index is 1200. The molecule has 0 amide bonds. The number of hydrogen-bond acceptors (Lipinski definition) is 4. The molecule has 6 rings (SSSR count). The predicted molar refractivity (Wildman–Crippen MR) is 134 cm³/mol. The van der Waals surface area contributed by atoms with Crippen molar-refractivity contribution >= 4 is 61.0 Å². The normalized spacial score (nSPS) is 10.1. The van der Waals surface area contributed by atoms with Crippen LogP contribution in [0, 0.1) is 5.41 Å². The Morgan fingerprint density at radius 2 is 0.710 bits per heavy atom. The summed E-state index contributed by atoms with van der Waals surface area (Å²) < 4.78 is 0. The Hall–Kier alpha value is -3.98. The summed E-state index contributed by atoms with van der Waals surface area (Å²) in [5.41, 5.74) is 4.25. The van der Waals surface area contributed by atoms with E-state index in [1.165, 1.54) is 21.5 Å². The van der Waals surface area contributed by atoms with Gasteiger partial charge in [-0.2, -0.15) is 0 Å². The Morgan fingerprint density at radius 1 is 0.484 bits per heavy atom. The van der Waals surface area contributed by atoms with Crippen LogP contribution in [-0.2, 0) is 0 Å². The Kier molecular flexibility index (Phi) is 6.34. The van der Waals surface area contributed by atoms with E-state index in [-0.39, 0.29) is 0 Å². The lowest BCUT2D eigenvalue weighted by Gasteiger charge is -1.99. The minimum Gasteiger partial charge on any atom is -0.248 e. The van der Waals surface area contributed by atoms with Crippen molar-refractivity contribution in [2.24, 2.45) is 0 Å². The van der Waals surface area contributed by atoms with Crippen molar-refractivity contribution in [1.29, 1.82) is 5.41 Å². The van der Waals surface area contributed by atoms with Crippen molar-refractivity contribution in [3.63, 3.8) is 0 Å². The standard InChI is InChI=1S/2C13H9N.CHNS/c2*1-3-7-12-10(5-1)9-11-6-2-4-8-13(11)14-12;2-1-3/h2*1-9H;2H. The highest BCUT2D eigenvalue weighted by Crippen LogP contribution is 2.19. The predicted octanol–water partition coefficient (Wildman–Crippen LogP) is 7.44. The molecule has 6 aromatic rings. The van der Waals surface area contributed by atoms with Gasteiger partial charge >= 0.3 is 0 Å². The van der Waals surface area contributed by atoms with Gasteiger partial charge in [0.15, 0.2) is 0 Å². The van der Waals surface area contributed by atoms with Crippen molar-refractivity contribution in [3.8, 4) is 0 Å². The number of hydrogen-bond donors (Lipinski definition) is 1. The fourth-order valence-corrected chi connectivity index (χ4v) is 3.44. The second-order valence-electron chi connectivity index (χ2n) is 6.85. The summed E-state index contributed by atoms with van der Waals surface area (Å²) >= 11 is 3.81. The number of nitrogens with one attached hydrogen (secondary N) is 1. The Morgan fingerprint density at radius 3 is 0.968 bits per heavy atom. The SMILES string of the molecule is N=C=S.c1ccc2nc3ccccc3cc2c1.c1ccc2nc3ccccc3cc2c1. The molecular weight excluding hydrogens is 398 g/mol. The van der Waals surface area contributed by atoms with Crippen LogP contribution in [0.4, 0.5) is 0 Å². The number of fused-ring (bicyclic) bond motifs is 4. The van der Waals surface area contributed by atoms with Crippen molar-refractivity contribution < 1.29 is 0 Å². The number of para-hydroxylation sites is 4. The third kappa shape index (κ3) is 4.78. The van der Waals surface area contributed by atoms with Crippen LogP contribution in [0.5, 0.6) is 0 Å². The number of isothiocyanates is 1. The minimum absolute atomic E-state index is 1.06. The number of thiocarbonyl (C=S) groups is 1. The van der Waals surface area contributed by atoms with Gasteiger partial charge in [0.05, 0.1) is 27.2 Å². The molecule has 0 saturated heterocycles. The maximum absolute atomic E-state index is 5.77. The molecule has 0 atom stereocenters. The number of benzene rings is 4. The summed E-state index contributed by atoms with van der Waals surface area (Å²) in [4.78, 5) is 9.16. The van der Waals surface area contributed by atoms with Crippen LogP contribution in [0.25, 0.3) is 43.6 Å². The lowest BCUT2D eigenvalue weighted by atomic mass is 10.1. The van der Waals surface area contributed by atoms with Crippen LogP contribution in [0.15, 0.2) is 109 Å². The van der Waals surface area contributed by atoms with Gasteiger partial charge in [-0.15, -0.1) is 0 Å². The molecule has 0 unspecified atom stereocenters. The van der Waals surface area contributed by atoms with Crippen LogP contribution in [-0.4, -0.2) is 15.1 Å². The molecule has 148 valence electrons. The topological polar surface area (TPSA) is 49.6 Å². The summed E-state index contributed by atoms with van der Waals surface area (Å²) in [6.07, 6.45) is 0. The smallest absolute Gasteiger partial charge is 0.0709 e. The number of rotatable bonds is 0. The highest BCUT2D eigenvalue weighted by atomic mass is 32.1. The second kappa shape index (κ2) is 9.68. The molecule has 0 spiro atoms. The largest absolute Gasteiger partial charge is 0.248 e. The van der Waals surface area contributed by atoms with Gasteiger partial charge in [-0.25, -0.2) is 15.4 Å². The van der Waals surface area contributed by atoms with Crippen molar-refractivity contribution in [2.75, 3.05) is 0 Å². The zero-order valence-corrected chi connectivity index (χ0v) is 17.5. The average molecular weight is 418 g/mol. The summed E-state index contributed by atoms with van der Waals surface area (Å²) in [5, 5.41) is 12.2. The molecule has 0 aliphatic carbocycles. The molecular formula is C27H19N3S. The molecule has 4 aromatic carbocycles. The van der Waals surface area contributed by atoms with Gasteiger partial charge in [0.2, 0.25) is 0 Å². The fourth-order valence-electron chi connectivity index (χ4n) is 3.44. The molecule has 0 bridgehead atoms. The third-order valence-corrected chi connectivity index (χ3v) is 4.85. The monoisotopic (exact) mass is 417 g/mol. The highest BCUT2D eigenvalue weighted by Gasteiger charge is 1.97. The van der Waals surface area contributed by atoms with Gasteiger partial charge < -0.3 is 0 Å². The first-order valence-electron chi connectivity index (χ1n) is 9.81. The van der Waals surface area contributed by atoms with Gasteiger partial charge in [-0.3, -0.25) is 0 Å². The van der Waals surface area contributed by atoms with E-state index in [9.17, 15) is 0 Å². The molecule has 4 heteroatoms. The summed E-state index contributed by atoms with van der Waals surface area (Å²) in [5.74, 6) is 0. The number of aromatic nitrogens is 2. The van der Waals surface area contributed by atoms with E-state index in [1.807, 2.05) is 72.8 Å². The molecule has 0 aliphatic heterocycles. The first kappa shape index (κ1) is 20.3. The molecule has 0 aliphatic rings. The van der Waals surface area contributed by atoms with Gasteiger partial charge in [0, 0.05) is 21.5 Å². The van der Waals surface area contributed by atoms with Crippen molar-refractivity contribution in [3.05, 3.63) is 109 Å². The van der Waals surface area contributed by atoms with Crippen molar-refractivity contribution in [1.82, 2.24) is 9.97 Å². The maximum atomic E-state index is 5.77. The Labute approximate surface area is 185 Å². The van der Waals surface area contributed by atoms with Gasteiger partial charge in [-0.05, 0) is 48.6 Å². The summed E-state index contributed by atoms with van der Waals surface area (Å²) in [7, 11) is 0. The molecule has 0 saturated carbocycles. The van der Waals surface area contributed by atoms with E-state index in [0.717, 1.165) is 22.1 Å². The molecule has 1 N–H and O–H groups in total. The quantitative estimate of drug-likeness (QED) is 0.159. The molecule has 2 heterocycles.